The molecular weight excluding hydrogens is 275 g/mol. The molecule has 106 valence electrons. The van der Waals surface area contributed by atoms with Gasteiger partial charge in [-0.15, -0.1) is 11.8 Å². The average molecular weight is 291 g/mol. The number of ether oxygens (including phenoxy) is 1. The highest BCUT2D eigenvalue weighted by molar-refractivity contribution is 7.99. The SMILES string of the molecule is Fc1cccc2c1SCCC2NCCOCC(F)F. The lowest BCUT2D eigenvalue weighted by atomic mass is 10.0. The van der Waals surface area contributed by atoms with Gasteiger partial charge in [0.05, 0.1) is 6.61 Å². The quantitative estimate of drug-likeness (QED) is 0.813. The molecule has 1 heterocycles. The third-order valence-electron chi connectivity index (χ3n) is 2.91. The summed E-state index contributed by atoms with van der Waals surface area (Å²) in [6.07, 6.45) is -1.53. The number of nitrogens with one attached hydrogen (secondary N) is 1. The molecule has 0 aliphatic carbocycles. The minimum Gasteiger partial charge on any atom is -0.374 e. The third-order valence-corrected chi connectivity index (χ3v) is 4.07. The van der Waals surface area contributed by atoms with Gasteiger partial charge in [0.15, 0.2) is 0 Å². The monoisotopic (exact) mass is 291 g/mol. The minimum absolute atomic E-state index is 0.0714. The largest absolute Gasteiger partial charge is 0.374 e. The number of hydrogen-bond donors (Lipinski definition) is 1. The van der Waals surface area contributed by atoms with Crippen LogP contribution in [-0.4, -0.2) is 31.9 Å². The highest BCUT2D eigenvalue weighted by atomic mass is 32.2. The molecule has 0 radical (unpaired) electrons. The van der Waals surface area contributed by atoms with Gasteiger partial charge >= 0.3 is 0 Å². The molecule has 0 saturated heterocycles. The normalized spacial score (nSPS) is 18.6. The van der Waals surface area contributed by atoms with Gasteiger partial charge in [-0.3, -0.25) is 0 Å². The van der Waals surface area contributed by atoms with Crippen molar-refractivity contribution in [1.29, 1.82) is 0 Å². The molecule has 0 saturated carbocycles. The predicted molar refractivity (Wildman–Crippen MR) is 69.3 cm³/mol. The Hall–Kier alpha value is -0.720. The molecule has 1 aromatic carbocycles. The first-order valence-corrected chi connectivity index (χ1v) is 7.17. The summed E-state index contributed by atoms with van der Waals surface area (Å²) in [5, 5.41) is 3.23. The van der Waals surface area contributed by atoms with Crippen molar-refractivity contribution in [2.24, 2.45) is 0 Å². The van der Waals surface area contributed by atoms with Crippen LogP contribution in [0.1, 0.15) is 18.0 Å². The fraction of sp³-hybridized carbons (Fsp3) is 0.538. The molecule has 0 bridgehead atoms. The topological polar surface area (TPSA) is 21.3 Å². The van der Waals surface area contributed by atoms with Gasteiger partial charge in [-0.25, -0.2) is 13.2 Å². The first kappa shape index (κ1) is 14.7. The minimum atomic E-state index is -2.43. The first-order valence-electron chi connectivity index (χ1n) is 6.19. The number of alkyl halides is 2. The number of rotatable bonds is 6. The smallest absolute Gasteiger partial charge is 0.261 e. The molecule has 1 aliphatic heterocycles. The summed E-state index contributed by atoms with van der Waals surface area (Å²) in [5.74, 6) is 0.659. The van der Waals surface area contributed by atoms with Gasteiger partial charge in [0.1, 0.15) is 12.4 Å². The lowest BCUT2D eigenvalue weighted by Gasteiger charge is -2.26. The number of thioether (sulfide) groups is 1. The average Bonchev–Trinajstić information content (AvgIpc) is 2.39. The Balaban J connectivity index is 1.84. The molecule has 19 heavy (non-hydrogen) atoms. The van der Waals surface area contributed by atoms with Crippen molar-refractivity contribution < 1.29 is 17.9 Å². The van der Waals surface area contributed by atoms with Gasteiger partial charge < -0.3 is 10.1 Å². The van der Waals surface area contributed by atoms with Crippen LogP contribution in [-0.2, 0) is 4.74 Å². The zero-order chi connectivity index (χ0) is 13.7. The maximum absolute atomic E-state index is 13.6. The van der Waals surface area contributed by atoms with E-state index in [2.05, 4.69) is 5.32 Å². The van der Waals surface area contributed by atoms with E-state index in [1.807, 2.05) is 6.07 Å². The number of benzene rings is 1. The lowest BCUT2D eigenvalue weighted by Crippen LogP contribution is -2.28. The van der Waals surface area contributed by atoms with E-state index >= 15 is 0 Å². The summed E-state index contributed by atoms with van der Waals surface area (Å²) in [4.78, 5) is 0.694. The zero-order valence-electron chi connectivity index (χ0n) is 10.4. The van der Waals surface area contributed by atoms with Crippen molar-refractivity contribution in [2.45, 2.75) is 23.8 Å². The molecule has 0 amide bonds. The molecule has 1 N–H and O–H groups in total. The summed E-state index contributed by atoms with van der Waals surface area (Å²) in [5.41, 5.74) is 0.949. The van der Waals surface area contributed by atoms with E-state index in [-0.39, 0.29) is 18.5 Å². The van der Waals surface area contributed by atoms with E-state index in [0.717, 1.165) is 17.7 Å². The summed E-state index contributed by atoms with van der Waals surface area (Å²) < 4.78 is 42.2. The van der Waals surface area contributed by atoms with Crippen LogP contribution in [0.25, 0.3) is 0 Å². The van der Waals surface area contributed by atoms with Crippen LogP contribution in [0.4, 0.5) is 13.2 Å². The van der Waals surface area contributed by atoms with Gasteiger partial charge in [-0.2, -0.15) is 0 Å². The van der Waals surface area contributed by atoms with Crippen LogP contribution in [0.5, 0.6) is 0 Å². The number of hydrogen-bond acceptors (Lipinski definition) is 3. The highest BCUT2D eigenvalue weighted by Crippen LogP contribution is 2.37. The summed E-state index contributed by atoms with van der Waals surface area (Å²) >= 11 is 1.52. The Morgan fingerprint density at radius 1 is 1.42 bits per heavy atom. The second kappa shape index (κ2) is 7.17. The van der Waals surface area contributed by atoms with E-state index in [1.165, 1.54) is 17.8 Å². The lowest BCUT2D eigenvalue weighted by molar-refractivity contribution is 0.0181. The van der Waals surface area contributed by atoms with Crippen molar-refractivity contribution in [3.8, 4) is 0 Å². The molecule has 6 heteroatoms. The fourth-order valence-corrected chi connectivity index (χ4v) is 3.22. The number of fused-ring (bicyclic) bond motifs is 1. The van der Waals surface area contributed by atoms with Crippen LogP contribution in [0.15, 0.2) is 23.1 Å². The van der Waals surface area contributed by atoms with Crippen LogP contribution >= 0.6 is 11.8 Å². The summed E-state index contributed by atoms with van der Waals surface area (Å²) in [6.45, 7) is 0.185. The highest BCUT2D eigenvalue weighted by Gasteiger charge is 2.22. The maximum atomic E-state index is 13.6. The Morgan fingerprint density at radius 3 is 3.05 bits per heavy atom. The Morgan fingerprint density at radius 2 is 2.26 bits per heavy atom. The second-order valence-electron chi connectivity index (χ2n) is 4.27. The fourth-order valence-electron chi connectivity index (χ4n) is 2.08. The molecule has 2 rings (SSSR count). The Kier molecular flexibility index (Phi) is 5.54. The Bertz CT molecular complexity index is 417. The number of halogens is 3. The van der Waals surface area contributed by atoms with Crippen LogP contribution in [0.2, 0.25) is 0 Å². The molecule has 1 aromatic rings. The van der Waals surface area contributed by atoms with Gasteiger partial charge in [-0.1, -0.05) is 12.1 Å². The third kappa shape index (κ3) is 4.12. The molecular formula is C13H16F3NOS. The van der Waals surface area contributed by atoms with Crippen LogP contribution in [0, 0.1) is 5.82 Å². The molecule has 0 spiro atoms. The van der Waals surface area contributed by atoms with Crippen molar-refractivity contribution in [3.05, 3.63) is 29.6 Å². The molecule has 0 fully saturated rings. The van der Waals surface area contributed by atoms with E-state index in [0.29, 0.717) is 11.4 Å². The summed E-state index contributed by atoms with van der Waals surface area (Å²) in [6, 6.07) is 5.13. The molecule has 1 unspecified atom stereocenters. The predicted octanol–water partition coefficient (Wildman–Crippen LogP) is 3.23. The van der Waals surface area contributed by atoms with E-state index in [4.69, 9.17) is 4.74 Å². The standard InChI is InChI=1S/C13H16F3NOS/c14-10-3-1-2-9-11(4-7-19-13(9)10)17-5-6-18-8-12(15)16/h1-3,11-12,17H,4-8H2. The van der Waals surface area contributed by atoms with Gasteiger partial charge in [0, 0.05) is 17.5 Å². The van der Waals surface area contributed by atoms with E-state index in [1.54, 1.807) is 6.07 Å². The molecule has 1 atom stereocenters. The van der Waals surface area contributed by atoms with E-state index in [9.17, 15) is 13.2 Å². The van der Waals surface area contributed by atoms with E-state index < -0.39 is 13.0 Å². The molecule has 0 aromatic heterocycles. The molecule has 2 nitrogen and oxygen atoms in total. The van der Waals surface area contributed by atoms with Gasteiger partial charge in [-0.05, 0) is 23.8 Å². The van der Waals surface area contributed by atoms with Gasteiger partial charge in [0.25, 0.3) is 6.43 Å². The van der Waals surface area contributed by atoms with Crippen LogP contribution < -0.4 is 5.32 Å². The molecule has 1 aliphatic rings. The van der Waals surface area contributed by atoms with Crippen molar-refractivity contribution in [2.75, 3.05) is 25.5 Å². The zero-order valence-corrected chi connectivity index (χ0v) is 11.2. The Labute approximate surface area is 114 Å². The summed E-state index contributed by atoms with van der Waals surface area (Å²) in [7, 11) is 0. The van der Waals surface area contributed by atoms with Crippen molar-refractivity contribution in [3.63, 3.8) is 0 Å². The second-order valence-corrected chi connectivity index (χ2v) is 5.37. The van der Waals surface area contributed by atoms with Gasteiger partial charge in [0.2, 0.25) is 0 Å². The first-order chi connectivity index (χ1) is 9.18. The maximum Gasteiger partial charge on any atom is 0.261 e. The van der Waals surface area contributed by atoms with Crippen LogP contribution in [0.3, 0.4) is 0 Å². The van der Waals surface area contributed by atoms with Crippen molar-refractivity contribution in [1.82, 2.24) is 5.32 Å². The van der Waals surface area contributed by atoms with Crippen molar-refractivity contribution >= 4 is 11.8 Å².